The molecule has 1 aromatic heterocycles. The van der Waals surface area contributed by atoms with Gasteiger partial charge >= 0.3 is 5.97 Å². The van der Waals surface area contributed by atoms with Crippen LogP contribution >= 0.6 is 0 Å². The fraction of sp³-hybridized carbons (Fsp3) is 0.167. The number of para-hydroxylation sites is 1. The molecule has 0 saturated heterocycles. The van der Waals surface area contributed by atoms with Gasteiger partial charge in [0.25, 0.3) is 0 Å². The Balaban J connectivity index is 2.66. The van der Waals surface area contributed by atoms with Crippen molar-refractivity contribution >= 4 is 5.97 Å². The van der Waals surface area contributed by atoms with Crippen molar-refractivity contribution < 1.29 is 9.90 Å². The fourth-order valence-electron chi connectivity index (χ4n) is 1.71. The fourth-order valence-corrected chi connectivity index (χ4v) is 1.71. The number of aromatic nitrogens is 2. The number of hydrogen-bond donors (Lipinski definition) is 1. The van der Waals surface area contributed by atoms with Crippen LogP contribution in [0.1, 0.15) is 21.7 Å². The average molecular weight is 216 g/mol. The third-order valence-electron chi connectivity index (χ3n) is 2.53. The number of hydrogen-bond acceptors (Lipinski definition) is 2. The van der Waals surface area contributed by atoms with Crippen molar-refractivity contribution in [2.24, 2.45) is 0 Å². The Kier molecular flexibility index (Phi) is 2.48. The summed E-state index contributed by atoms with van der Waals surface area (Å²) in [5.41, 5.74) is 2.60. The van der Waals surface area contributed by atoms with E-state index in [9.17, 15) is 4.79 Å². The number of aryl methyl sites for hydroxylation is 2. The van der Waals surface area contributed by atoms with Crippen molar-refractivity contribution in [1.29, 1.82) is 0 Å². The summed E-state index contributed by atoms with van der Waals surface area (Å²) in [6.07, 6.45) is 1.54. The molecule has 0 unspecified atom stereocenters. The monoisotopic (exact) mass is 216 g/mol. The Morgan fingerprint density at radius 3 is 2.62 bits per heavy atom. The number of imidazole rings is 1. The predicted molar refractivity (Wildman–Crippen MR) is 60.0 cm³/mol. The molecular formula is C12H12N2O2. The molecule has 1 aromatic carbocycles. The topological polar surface area (TPSA) is 55.1 Å². The zero-order valence-electron chi connectivity index (χ0n) is 9.14. The van der Waals surface area contributed by atoms with Crippen LogP contribution in [-0.4, -0.2) is 20.6 Å². The summed E-state index contributed by atoms with van der Waals surface area (Å²) in [6, 6.07) is 7.62. The van der Waals surface area contributed by atoms with E-state index in [1.54, 1.807) is 17.8 Å². The molecule has 2 rings (SSSR count). The van der Waals surface area contributed by atoms with Crippen LogP contribution in [0.25, 0.3) is 5.69 Å². The van der Waals surface area contributed by atoms with Crippen LogP contribution in [0.2, 0.25) is 0 Å². The molecule has 2 aromatic rings. The van der Waals surface area contributed by atoms with Crippen molar-refractivity contribution in [3.63, 3.8) is 0 Å². The maximum absolute atomic E-state index is 11.1. The van der Waals surface area contributed by atoms with E-state index in [-0.39, 0.29) is 5.69 Å². The molecule has 16 heavy (non-hydrogen) atoms. The van der Waals surface area contributed by atoms with Gasteiger partial charge in [-0.3, -0.25) is 4.57 Å². The first-order valence-corrected chi connectivity index (χ1v) is 4.94. The van der Waals surface area contributed by atoms with E-state index >= 15 is 0 Å². The number of carbonyl (C=O) groups is 1. The van der Waals surface area contributed by atoms with Crippen LogP contribution in [0, 0.1) is 13.8 Å². The number of aromatic carboxylic acids is 1. The van der Waals surface area contributed by atoms with E-state index in [1.807, 2.05) is 31.2 Å². The van der Waals surface area contributed by atoms with E-state index in [4.69, 9.17) is 5.11 Å². The van der Waals surface area contributed by atoms with Gasteiger partial charge in [0.15, 0.2) is 5.69 Å². The Morgan fingerprint density at radius 1 is 1.31 bits per heavy atom. The van der Waals surface area contributed by atoms with Crippen molar-refractivity contribution in [3.8, 4) is 5.69 Å². The quantitative estimate of drug-likeness (QED) is 0.837. The first kappa shape index (κ1) is 10.4. The van der Waals surface area contributed by atoms with Crippen LogP contribution in [0.3, 0.4) is 0 Å². The van der Waals surface area contributed by atoms with E-state index in [0.717, 1.165) is 11.3 Å². The minimum Gasteiger partial charge on any atom is -0.477 e. The number of carboxylic acids is 1. The van der Waals surface area contributed by atoms with Gasteiger partial charge < -0.3 is 5.11 Å². The Bertz CT molecular complexity index is 544. The molecule has 1 heterocycles. The van der Waals surface area contributed by atoms with E-state index in [1.165, 1.54) is 0 Å². The van der Waals surface area contributed by atoms with Crippen molar-refractivity contribution in [2.45, 2.75) is 13.8 Å². The van der Waals surface area contributed by atoms with Gasteiger partial charge in [-0.15, -0.1) is 0 Å². The number of nitrogens with zero attached hydrogens (tertiary/aromatic N) is 2. The molecule has 0 atom stereocenters. The second-order valence-electron chi connectivity index (χ2n) is 3.64. The second kappa shape index (κ2) is 3.81. The molecule has 0 bridgehead atoms. The minimum absolute atomic E-state index is 0.217. The highest BCUT2D eigenvalue weighted by atomic mass is 16.4. The van der Waals surface area contributed by atoms with Crippen LogP contribution in [0.15, 0.2) is 30.6 Å². The molecule has 0 fully saturated rings. The standard InChI is InChI=1S/C12H12N2O2/c1-8-5-3-4-6-10(8)14-7-13-9(2)11(14)12(15)16/h3-7H,1-2H3,(H,15,16). The maximum atomic E-state index is 11.1. The average Bonchev–Trinajstić information content (AvgIpc) is 2.61. The summed E-state index contributed by atoms with van der Waals surface area (Å²) in [7, 11) is 0. The van der Waals surface area contributed by atoms with Gasteiger partial charge in [0.05, 0.1) is 11.4 Å². The summed E-state index contributed by atoms with van der Waals surface area (Å²) in [5.74, 6) is -0.960. The lowest BCUT2D eigenvalue weighted by Gasteiger charge is -2.08. The normalized spacial score (nSPS) is 10.4. The van der Waals surface area contributed by atoms with Crippen molar-refractivity contribution in [2.75, 3.05) is 0 Å². The first-order chi connectivity index (χ1) is 7.61. The molecule has 0 aliphatic carbocycles. The van der Waals surface area contributed by atoms with Gasteiger partial charge in [0.2, 0.25) is 0 Å². The van der Waals surface area contributed by atoms with E-state index in [2.05, 4.69) is 4.98 Å². The highest BCUT2D eigenvalue weighted by molar-refractivity contribution is 5.87. The van der Waals surface area contributed by atoms with E-state index in [0.29, 0.717) is 5.69 Å². The molecule has 0 spiro atoms. The summed E-state index contributed by atoms with van der Waals surface area (Å²) in [6.45, 7) is 3.63. The maximum Gasteiger partial charge on any atom is 0.354 e. The van der Waals surface area contributed by atoms with Crippen LogP contribution < -0.4 is 0 Å². The molecule has 0 radical (unpaired) electrons. The van der Waals surface area contributed by atoms with Crippen LogP contribution in [-0.2, 0) is 0 Å². The molecule has 4 nitrogen and oxygen atoms in total. The zero-order valence-corrected chi connectivity index (χ0v) is 9.14. The smallest absolute Gasteiger partial charge is 0.354 e. The Hall–Kier alpha value is -2.10. The Morgan fingerprint density at radius 2 is 2.00 bits per heavy atom. The lowest BCUT2D eigenvalue weighted by Crippen LogP contribution is -2.08. The van der Waals surface area contributed by atoms with Gasteiger partial charge in [-0.25, -0.2) is 9.78 Å². The van der Waals surface area contributed by atoms with Gasteiger partial charge in [-0.2, -0.15) is 0 Å². The summed E-state index contributed by atoms with van der Waals surface area (Å²) < 4.78 is 1.60. The lowest BCUT2D eigenvalue weighted by molar-refractivity contribution is 0.0687. The molecule has 0 saturated carbocycles. The summed E-state index contributed by atoms with van der Waals surface area (Å²) in [5, 5.41) is 9.13. The molecule has 0 amide bonds. The number of benzene rings is 1. The van der Waals surface area contributed by atoms with E-state index < -0.39 is 5.97 Å². The lowest BCUT2D eigenvalue weighted by atomic mass is 10.2. The van der Waals surface area contributed by atoms with Gasteiger partial charge in [0.1, 0.15) is 6.33 Å². The number of carboxylic acid groups (broad SMARTS) is 1. The molecular weight excluding hydrogens is 204 g/mol. The zero-order chi connectivity index (χ0) is 11.7. The van der Waals surface area contributed by atoms with Crippen LogP contribution in [0.4, 0.5) is 0 Å². The third kappa shape index (κ3) is 1.58. The highest BCUT2D eigenvalue weighted by Gasteiger charge is 2.16. The van der Waals surface area contributed by atoms with Gasteiger partial charge in [-0.05, 0) is 25.5 Å². The SMILES string of the molecule is Cc1ccccc1-n1cnc(C)c1C(=O)O. The summed E-state index contributed by atoms with van der Waals surface area (Å²) >= 11 is 0. The first-order valence-electron chi connectivity index (χ1n) is 4.94. The van der Waals surface area contributed by atoms with Gasteiger partial charge in [-0.1, -0.05) is 18.2 Å². The third-order valence-corrected chi connectivity index (χ3v) is 2.53. The molecule has 4 heteroatoms. The predicted octanol–water partition coefficient (Wildman–Crippen LogP) is 2.19. The van der Waals surface area contributed by atoms with Gasteiger partial charge in [0, 0.05) is 0 Å². The van der Waals surface area contributed by atoms with Crippen molar-refractivity contribution in [1.82, 2.24) is 9.55 Å². The number of rotatable bonds is 2. The molecule has 1 N–H and O–H groups in total. The molecule has 0 aliphatic heterocycles. The molecule has 0 aliphatic rings. The minimum atomic E-state index is -0.960. The second-order valence-corrected chi connectivity index (χ2v) is 3.64. The largest absolute Gasteiger partial charge is 0.477 e. The Labute approximate surface area is 93.2 Å². The van der Waals surface area contributed by atoms with Crippen molar-refractivity contribution in [3.05, 3.63) is 47.5 Å². The van der Waals surface area contributed by atoms with Crippen LogP contribution in [0.5, 0.6) is 0 Å². The summed E-state index contributed by atoms with van der Waals surface area (Å²) in [4.78, 5) is 15.2. The molecule has 82 valence electrons. The highest BCUT2D eigenvalue weighted by Crippen LogP contribution is 2.17.